The molecule has 0 spiro atoms. The van der Waals surface area contributed by atoms with Crippen molar-refractivity contribution in [3.8, 4) is 0 Å². The average Bonchev–Trinajstić information content (AvgIpc) is 2.88. The molecule has 21 heavy (non-hydrogen) atoms. The van der Waals surface area contributed by atoms with E-state index in [9.17, 15) is 4.79 Å². The first-order valence-electron chi connectivity index (χ1n) is 7.37. The van der Waals surface area contributed by atoms with Gasteiger partial charge in [-0.25, -0.2) is 5.43 Å². The first-order valence-corrected chi connectivity index (χ1v) is 7.37. The first-order chi connectivity index (χ1) is 10.2. The number of rotatable bonds is 3. The maximum absolute atomic E-state index is 11.9. The summed E-state index contributed by atoms with van der Waals surface area (Å²) >= 11 is 0. The van der Waals surface area contributed by atoms with E-state index in [2.05, 4.69) is 27.6 Å². The lowest BCUT2D eigenvalue weighted by Gasteiger charge is -2.19. The Hall–Kier alpha value is -2.24. The zero-order valence-corrected chi connectivity index (χ0v) is 12.1. The van der Waals surface area contributed by atoms with Gasteiger partial charge >= 0.3 is 0 Å². The lowest BCUT2D eigenvalue weighted by molar-refractivity contribution is -0.122. The molecule has 3 rings (SSSR count). The van der Waals surface area contributed by atoms with Crippen LogP contribution < -0.4 is 5.43 Å². The molecule has 0 aliphatic heterocycles. The molecule has 1 aliphatic rings. The Bertz CT molecular complexity index is 643. The van der Waals surface area contributed by atoms with E-state index < -0.39 is 0 Å². The second kappa shape index (κ2) is 6.03. The highest BCUT2D eigenvalue weighted by molar-refractivity contribution is 5.88. The van der Waals surface area contributed by atoms with Crippen LogP contribution in [0.4, 0.5) is 0 Å². The number of hydrogen-bond acceptors (Lipinski definition) is 4. The summed E-state index contributed by atoms with van der Waals surface area (Å²) < 4.78 is 0. The lowest BCUT2D eigenvalue weighted by Crippen LogP contribution is -2.27. The number of aromatic nitrogens is 3. The monoisotopic (exact) mass is 285 g/mol. The first kappa shape index (κ1) is 13.7. The van der Waals surface area contributed by atoms with Gasteiger partial charge in [0.1, 0.15) is 17.6 Å². The quantitative estimate of drug-likeness (QED) is 0.878. The van der Waals surface area contributed by atoms with Crippen molar-refractivity contribution in [2.45, 2.75) is 39.2 Å². The van der Waals surface area contributed by atoms with Gasteiger partial charge in [0, 0.05) is 5.71 Å². The molecule has 1 fully saturated rings. The molecule has 110 valence electrons. The second-order valence-electron chi connectivity index (χ2n) is 5.50. The summed E-state index contributed by atoms with van der Waals surface area (Å²) in [6.07, 6.45) is 4.54. The highest BCUT2D eigenvalue weighted by atomic mass is 16.2. The van der Waals surface area contributed by atoms with Crippen LogP contribution in [0.25, 0.3) is 11.0 Å². The SMILES string of the molecule is C[C@@H]1CCCC/C1=N/NC(=O)Cn1nc2ccccc2n1. The maximum Gasteiger partial charge on any atom is 0.263 e. The van der Waals surface area contributed by atoms with Gasteiger partial charge in [-0.2, -0.15) is 20.1 Å². The Kier molecular flexibility index (Phi) is 3.94. The third kappa shape index (κ3) is 3.26. The van der Waals surface area contributed by atoms with E-state index in [0.717, 1.165) is 36.0 Å². The summed E-state index contributed by atoms with van der Waals surface area (Å²) in [4.78, 5) is 13.3. The summed E-state index contributed by atoms with van der Waals surface area (Å²) in [7, 11) is 0. The normalized spacial score (nSPS) is 20.8. The fraction of sp³-hybridized carbons (Fsp3) is 0.467. The number of hydrazone groups is 1. The zero-order valence-electron chi connectivity index (χ0n) is 12.1. The van der Waals surface area contributed by atoms with Crippen LogP contribution in [0.5, 0.6) is 0 Å². The van der Waals surface area contributed by atoms with E-state index in [-0.39, 0.29) is 12.5 Å². The van der Waals surface area contributed by atoms with E-state index in [0.29, 0.717) is 5.92 Å². The van der Waals surface area contributed by atoms with Gasteiger partial charge in [0.25, 0.3) is 5.91 Å². The van der Waals surface area contributed by atoms with Crippen molar-refractivity contribution in [3.05, 3.63) is 24.3 Å². The van der Waals surface area contributed by atoms with Crippen molar-refractivity contribution in [1.82, 2.24) is 20.4 Å². The molecule has 2 aromatic rings. The molecule has 1 aliphatic carbocycles. The van der Waals surface area contributed by atoms with E-state index in [4.69, 9.17) is 0 Å². The van der Waals surface area contributed by atoms with Crippen molar-refractivity contribution in [2.75, 3.05) is 0 Å². The highest BCUT2D eigenvalue weighted by Gasteiger charge is 2.16. The predicted octanol–water partition coefficient (Wildman–Crippen LogP) is 2.11. The topological polar surface area (TPSA) is 72.2 Å². The van der Waals surface area contributed by atoms with Gasteiger partial charge in [0.15, 0.2) is 0 Å². The Labute approximate surface area is 123 Å². The number of carbonyl (C=O) groups excluding carboxylic acids is 1. The van der Waals surface area contributed by atoms with Crippen molar-refractivity contribution in [2.24, 2.45) is 11.0 Å². The molecule has 1 heterocycles. The summed E-state index contributed by atoms with van der Waals surface area (Å²) in [6.45, 7) is 2.24. The summed E-state index contributed by atoms with van der Waals surface area (Å²) in [5.74, 6) is 0.269. The van der Waals surface area contributed by atoms with Gasteiger partial charge in [0.05, 0.1) is 0 Å². The van der Waals surface area contributed by atoms with Crippen molar-refractivity contribution in [1.29, 1.82) is 0 Å². The summed E-state index contributed by atoms with van der Waals surface area (Å²) in [5, 5.41) is 12.8. The highest BCUT2D eigenvalue weighted by Crippen LogP contribution is 2.20. The van der Waals surface area contributed by atoms with E-state index >= 15 is 0 Å². The Morgan fingerprint density at radius 3 is 2.71 bits per heavy atom. The van der Waals surface area contributed by atoms with Crippen LogP contribution in [0.15, 0.2) is 29.4 Å². The maximum atomic E-state index is 11.9. The van der Waals surface area contributed by atoms with E-state index in [1.165, 1.54) is 11.2 Å². The van der Waals surface area contributed by atoms with Crippen LogP contribution >= 0.6 is 0 Å². The van der Waals surface area contributed by atoms with Gasteiger partial charge in [-0.3, -0.25) is 4.79 Å². The summed E-state index contributed by atoms with van der Waals surface area (Å²) in [5.41, 5.74) is 5.29. The minimum absolute atomic E-state index is 0.0832. The van der Waals surface area contributed by atoms with E-state index in [1.54, 1.807) is 0 Å². The van der Waals surface area contributed by atoms with Crippen molar-refractivity contribution in [3.63, 3.8) is 0 Å². The third-order valence-electron chi connectivity index (χ3n) is 3.83. The van der Waals surface area contributed by atoms with Gasteiger partial charge in [-0.05, 0) is 37.3 Å². The molecule has 1 aromatic heterocycles. The molecule has 6 heteroatoms. The summed E-state index contributed by atoms with van der Waals surface area (Å²) in [6, 6.07) is 7.55. The number of carbonyl (C=O) groups is 1. The van der Waals surface area contributed by atoms with Gasteiger partial charge in [-0.15, -0.1) is 0 Å². The molecule has 0 radical (unpaired) electrons. The number of amides is 1. The molecule has 1 amide bonds. The molecule has 6 nitrogen and oxygen atoms in total. The number of fused-ring (bicyclic) bond motifs is 1. The molecule has 1 saturated carbocycles. The van der Waals surface area contributed by atoms with Crippen LogP contribution in [0.3, 0.4) is 0 Å². The van der Waals surface area contributed by atoms with Crippen LogP contribution in [-0.4, -0.2) is 26.6 Å². The van der Waals surface area contributed by atoms with Crippen LogP contribution in [0.2, 0.25) is 0 Å². The number of nitrogens with one attached hydrogen (secondary N) is 1. The van der Waals surface area contributed by atoms with Crippen LogP contribution in [0.1, 0.15) is 32.6 Å². The smallest absolute Gasteiger partial charge is 0.263 e. The molecule has 1 aromatic carbocycles. The van der Waals surface area contributed by atoms with Crippen LogP contribution in [0, 0.1) is 5.92 Å². The fourth-order valence-electron chi connectivity index (χ4n) is 2.61. The third-order valence-corrected chi connectivity index (χ3v) is 3.83. The standard InChI is InChI=1S/C15H19N5O/c1-11-6-2-3-7-12(11)16-17-15(21)10-20-18-13-8-4-5-9-14(13)19-20/h4-5,8-9,11H,2-3,6-7,10H2,1H3,(H,17,21)/b16-12-/t11-/m1/s1. The molecular formula is C15H19N5O. The molecule has 0 bridgehead atoms. The van der Waals surface area contributed by atoms with Crippen molar-refractivity contribution < 1.29 is 4.79 Å². The largest absolute Gasteiger partial charge is 0.271 e. The van der Waals surface area contributed by atoms with Gasteiger partial charge < -0.3 is 0 Å². The molecule has 0 unspecified atom stereocenters. The molecule has 1 atom stereocenters. The number of hydrogen-bond donors (Lipinski definition) is 1. The van der Waals surface area contributed by atoms with Gasteiger partial charge in [-0.1, -0.05) is 25.5 Å². The zero-order chi connectivity index (χ0) is 14.7. The van der Waals surface area contributed by atoms with E-state index in [1.807, 2.05) is 24.3 Å². The average molecular weight is 285 g/mol. The second-order valence-corrected chi connectivity index (χ2v) is 5.50. The Balaban J connectivity index is 1.62. The predicted molar refractivity (Wildman–Crippen MR) is 80.7 cm³/mol. The Morgan fingerprint density at radius 2 is 2.05 bits per heavy atom. The van der Waals surface area contributed by atoms with Gasteiger partial charge in [0.2, 0.25) is 0 Å². The Morgan fingerprint density at radius 1 is 1.33 bits per heavy atom. The molecule has 0 saturated heterocycles. The van der Waals surface area contributed by atoms with Crippen molar-refractivity contribution >= 4 is 22.7 Å². The number of nitrogens with zero attached hydrogens (tertiary/aromatic N) is 4. The van der Waals surface area contributed by atoms with Crippen LogP contribution in [-0.2, 0) is 11.3 Å². The minimum atomic E-state index is -0.194. The minimum Gasteiger partial charge on any atom is -0.271 e. The molecular weight excluding hydrogens is 266 g/mol. The lowest BCUT2D eigenvalue weighted by atomic mass is 9.89. The molecule has 1 N–H and O–H groups in total. The fourth-order valence-corrected chi connectivity index (χ4v) is 2.61. The number of benzene rings is 1.